The Morgan fingerprint density at radius 2 is 1.67 bits per heavy atom. The van der Waals surface area contributed by atoms with Crippen LogP contribution in [-0.2, 0) is 0 Å². The van der Waals surface area contributed by atoms with E-state index in [9.17, 15) is 0 Å². The van der Waals surface area contributed by atoms with Crippen molar-refractivity contribution in [1.82, 2.24) is 0 Å². The first-order valence-corrected chi connectivity index (χ1v) is 6.45. The molecule has 1 nitrogen and oxygen atoms in total. The van der Waals surface area contributed by atoms with E-state index in [-0.39, 0.29) is 0 Å². The number of nitrogens with zero attached hydrogens (tertiary/aromatic N) is 1. The van der Waals surface area contributed by atoms with E-state index in [1.54, 1.807) is 18.3 Å². The summed E-state index contributed by atoms with van der Waals surface area (Å²) in [5, 5.41) is 1.35. The average Bonchev–Trinajstić information content (AvgIpc) is 2.32. The Bertz CT molecular complexity index is 606. The molecule has 0 saturated carbocycles. The normalized spacial score (nSPS) is 11.1. The monoisotopic (exact) mass is 297 g/mol. The van der Waals surface area contributed by atoms with Crippen LogP contribution in [0.25, 0.3) is 0 Å². The second-order valence-electron chi connectivity index (χ2n) is 3.89. The molecule has 0 atom stereocenters. The average molecular weight is 299 g/mol. The van der Waals surface area contributed by atoms with E-state index in [0.717, 1.165) is 5.56 Å². The van der Waals surface area contributed by atoms with Crippen molar-refractivity contribution < 1.29 is 0 Å². The molecule has 0 heterocycles. The smallest absolute Gasteiger partial charge is 0.0831 e. The van der Waals surface area contributed by atoms with Gasteiger partial charge in [-0.05, 0) is 24.6 Å². The van der Waals surface area contributed by atoms with Gasteiger partial charge < -0.3 is 0 Å². The number of rotatable bonds is 2. The number of halogens is 3. The van der Waals surface area contributed by atoms with Crippen molar-refractivity contribution in [3.8, 4) is 0 Å². The molecule has 0 aliphatic carbocycles. The first-order chi connectivity index (χ1) is 8.56. The van der Waals surface area contributed by atoms with Gasteiger partial charge in [0.15, 0.2) is 0 Å². The molecule has 92 valence electrons. The fourth-order valence-electron chi connectivity index (χ4n) is 1.51. The molecule has 0 saturated heterocycles. The third-order valence-corrected chi connectivity index (χ3v) is 3.41. The van der Waals surface area contributed by atoms with Gasteiger partial charge in [0.05, 0.1) is 20.8 Å². The highest BCUT2D eigenvalue weighted by Gasteiger charge is 2.04. The highest BCUT2D eigenvalue weighted by Crippen LogP contribution is 2.33. The maximum absolute atomic E-state index is 6.04. The molecule has 0 aliphatic rings. The molecule has 0 N–H and O–H groups in total. The minimum atomic E-state index is 0.427. The Morgan fingerprint density at radius 1 is 0.944 bits per heavy atom. The fourth-order valence-corrected chi connectivity index (χ4v) is 2.10. The van der Waals surface area contributed by atoms with Gasteiger partial charge >= 0.3 is 0 Å². The molecule has 2 rings (SSSR count). The van der Waals surface area contributed by atoms with Crippen LogP contribution in [0.5, 0.6) is 0 Å². The second-order valence-corrected chi connectivity index (χ2v) is 5.11. The maximum atomic E-state index is 6.04. The van der Waals surface area contributed by atoms with Crippen LogP contribution in [0.1, 0.15) is 11.1 Å². The Kier molecular flexibility index (Phi) is 4.28. The van der Waals surface area contributed by atoms with E-state index >= 15 is 0 Å². The number of aryl methyl sites for hydroxylation is 1. The van der Waals surface area contributed by atoms with Crippen LogP contribution in [0.15, 0.2) is 41.4 Å². The molecule has 0 aliphatic heterocycles. The molecular weight excluding hydrogens is 289 g/mol. The van der Waals surface area contributed by atoms with Crippen LogP contribution >= 0.6 is 34.8 Å². The predicted octanol–water partition coefficient (Wildman–Crippen LogP) is 5.71. The molecule has 4 heteroatoms. The van der Waals surface area contributed by atoms with E-state index < -0.39 is 0 Å². The van der Waals surface area contributed by atoms with E-state index in [2.05, 4.69) is 4.99 Å². The van der Waals surface area contributed by atoms with Gasteiger partial charge in [-0.3, -0.25) is 4.99 Å². The zero-order chi connectivity index (χ0) is 13.1. The van der Waals surface area contributed by atoms with E-state index in [1.807, 2.05) is 31.2 Å². The molecule has 2 aromatic rings. The van der Waals surface area contributed by atoms with Crippen LogP contribution < -0.4 is 0 Å². The largest absolute Gasteiger partial charge is 0.255 e. The Balaban J connectivity index is 2.32. The molecule has 0 bridgehead atoms. The van der Waals surface area contributed by atoms with Gasteiger partial charge in [0, 0.05) is 6.21 Å². The van der Waals surface area contributed by atoms with Crippen molar-refractivity contribution in [3.05, 3.63) is 62.6 Å². The molecule has 0 aromatic heterocycles. The summed E-state index contributed by atoms with van der Waals surface area (Å²) in [7, 11) is 0. The van der Waals surface area contributed by atoms with Gasteiger partial charge in [-0.2, -0.15) is 0 Å². The number of aliphatic imine (C=N–C) groups is 1. The van der Waals surface area contributed by atoms with E-state index in [1.165, 1.54) is 5.56 Å². The molecule has 0 spiro atoms. The van der Waals surface area contributed by atoms with Gasteiger partial charge in [0.2, 0.25) is 0 Å². The Labute approximate surface area is 121 Å². The molecular formula is C14H10Cl3N. The zero-order valence-corrected chi connectivity index (χ0v) is 11.9. The topological polar surface area (TPSA) is 12.4 Å². The number of benzene rings is 2. The fraction of sp³-hybridized carbons (Fsp3) is 0.0714. The quantitative estimate of drug-likeness (QED) is 0.498. The molecule has 0 radical (unpaired) electrons. The van der Waals surface area contributed by atoms with Crippen LogP contribution in [0.2, 0.25) is 15.1 Å². The summed E-state index contributed by atoms with van der Waals surface area (Å²) in [6.45, 7) is 2.03. The van der Waals surface area contributed by atoms with Crippen LogP contribution in [0.3, 0.4) is 0 Å². The standard InChI is InChI=1S/C14H10Cl3N/c1-9-3-2-4-10(5-9)8-18-14-7-12(16)11(15)6-13(14)17/h2-8H,1H3. The maximum Gasteiger partial charge on any atom is 0.0831 e. The summed E-state index contributed by atoms with van der Waals surface area (Å²) in [4.78, 5) is 4.32. The van der Waals surface area contributed by atoms with Gasteiger partial charge in [-0.1, -0.05) is 64.6 Å². The summed E-state index contributed by atoms with van der Waals surface area (Å²) in [6.07, 6.45) is 1.75. The molecule has 0 unspecified atom stereocenters. The van der Waals surface area contributed by atoms with Crippen LogP contribution in [0.4, 0.5) is 5.69 Å². The first kappa shape index (κ1) is 13.4. The summed E-state index contributed by atoms with van der Waals surface area (Å²) in [6, 6.07) is 11.3. The minimum absolute atomic E-state index is 0.427. The van der Waals surface area contributed by atoms with Crippen molar-refractivity contribution in [3.63, 3.8) is 0 Å². The van der Waals surface area contributed by atoms with Crippen molar-refractivity contribution in [1.29, 1.82) is 0 Å². The summed E-state index contributed by atoms with van der Waals surface area (Å²) >= 11 is 17.8. The molecule has 18 heavy (non-hydrogen) atoms. The zero-order valence-electron chi connectivity index (χ0n) is 9.62. The second kappa shape index (κ2) is 5.75. The number of hydrogen-bond donors (Lipinski definition) is 0. The van der Waals surface area contributed by atoms with E-state index in [0.29, 0.717) is 20.8 Å². The predicted molar refractivity (Wildman–Crippen MR) is 79.9 cm³/mol. The van der Waals surface area contributed by atoms with Crippen molar-refractivity contribution in [2.75, 3.05) is 0 Å². The lowest BCUT2D eigenvalue weighted by Gasteiger charge is -2.01. The van der Waals surface area contributed by atoms with E-state index in [4.69, 9.17) is 34.8 Å². The van der Waals surface area contributed by atoms with Gasteiger partial charge in [-0.25, -0.2) is 0 Å². The van der Waals surface area contributed by atoms with Crippen molar-refractivity contribution in [2.45, 2.75) is 6.92 Å². The lowest BCUT2D eigenvalue weighted by molar-refractivity contribution is 1.45. The van der Waals surface area contributed by atoms with Crippen LogP contribution in [-0.4, -0.2) is 6.21 Å². The third kappa shape index (κ3) is 3.26. The summed E-state index contributed by atoms with van der Waals surface area (Å²) in [5.74, 6) is 0. The van der Waals surface area contributed by atoms with Gasteiger partial charge in [0.25, 0.3) is 0 Å². The summed E-state index contributed by atoms with van der Waals surface area (Å²) in [5.41, 5.74) is 2.80. The van der Waals surface area contributed by atoms with Crippen molar-refractivity contribution >= 4 is 46.7 Å². The Morgan fingerprint density at radius 3 is 2.39 bits per heavy atom. The lowest BCUT2D eigenvalue weighted by atomic mass is 10.1. The number of hydrogen-bond acceptors (Lipinski definition) is 1. The first-order valence-electron chi connectivity index (χ1n) is 5.31. The Hall–Kier alpha value is -1.02. The SMILES string of the molecule is Cc1cccc(C=Nc2cc(Cl)c(Cl)cc2Cl)c1. The lowest BCUT2D eigenvalue weighted by Crippen LogP contribution is -1.82. The van der Waals surface area contributed by atoms with Gasteiger partial charge in [-0.15, -0.1) is 0 Å². The van der Waals surface area contributed by atoms with Gasteiger partial charge in [0.1, 0.15) is 0 Å². The highest BCUT2D eigenvalue weighted by molar-refractivity contribution is 6.43. The molecule has 2 aromatic carbocycles. The minimum Gasteiger partial charge on any atom is -0.255 e. The molecule has 0 fully saturated rings. The highest BCUT2D eigenvalue weighted by atomic mass is 35.5. The van der Waals surface area contributed by atoms with Crippen LogP contribution in [0, 0.1) is 6.92 Å². The van der Waals surface area contributed by atoms with Crippen molar-refractivity contribution in [2.24, 2.45) is 4.99 Å². The molecule has 0 amide bonds. The summed E-state index contributed by atoms with van der Waals surface area (Å²) < 4.78 is 0. The third-order valence-electron chi connectivity index (χ3n) is 2.38.